The molecule has 0 aromatic heterocycles. The van der Waals surface area contributed by atoms with E-state index in [4.69, 9.17) is 9.84 Å². The molecule has 0 atom stereocenters. The van der Waals surface area contributed by atoms with E-state index in [9.17, 15) is 18.3 Å². The van der Waals surface area contributed by atoms with Crippen LogP contribution in [0.1, 0.15) is 5.56 Å². The van der Waals surface area contributed by atoms with E-state index in [1.807, 2.05) is 0 Å². The number of nitrogens with zero attached hydrogens (tertiary/aromatic N) is 1. The first kappa shape index (κ1) is 17.1. The summed E-state index contributed by atoms with van der Waals surface area (Å²) in [5, 5.41) is 21.4. The summed E-state index contributed by atoms with van der Waals surface area (Å²) in [4.78, 5) is 3.92. The van der Waals surface area contributed by atoms with Gasteiger partial charge < -0.3 is 20.3 Å². The molecule has 0 spiro atoms. The Morgan fingerprint density at radius 2 is 2.04 bits per heavy atom. The smallest absolute Gasteiger partial charge is 0.422 e. The summed E-state index contributed by atoms with van der Waals surface area (Å²) in [6.45, 7) is -1.36. The lowest BCUT2D eigenvalue weighted by Gasteiger charge is -2.16. The second-order valence-electron chi connectivity index (χ2n) is 4.42. The molecule has 0 amide bonds. The summed E-state index contributed by atoms with van der Waals surface area (Å²) in [5.74, 6) is 0.225. The minimum absolute atomic E-state index is 0.0871. The number of aliphatic hydroxyl groups excluding tert-OH is 2. The number of aliphatic hydroxyl groups is 2. The molecule has 5 nitrogen and oxygen atoms in total. The maximum Gasteiger partial charge on any atom is 0.422 e. The van der Waals surface area contributed by atoms with Gasteiger partial charge in [0.15, 0.2) is 17.5 Å². The number of hydrogen-bond donors (Lipinski definition) is 3. The number of amidine groups is 1. The highest BCUT2D eigenvalue weighted by Crippen LogP contribution is 2.26. The fourth-order valence-corrected chi connectivity index (χ4v) is 2.48. The Balaban J connectivity index is 2.01. The van der Waals surface area contributed by atoms with Crippen LogP contribution in [0.4, 0.5) is 13.2 Å². The second kappa shape index (κ2) is 7.32. The van der Waals surface area contributed by atoms with Gasteiger partial charge in [0, 0.05) is 11.3 Å². The molecule has 1 aliphatic heterocycles. The highest BCUT2D eigenvalue weighted by molar-refractivity contribution is 8.13. The fourth-order valence-electron chi connectivity index (χ4n) is 1.64. The van der Waals surface area contributed by atoms with Crippen molar-refractivity contribution in [3.05, 3.63) is 53.7 Å². The normalized spacial score (nSPS) is 16.6. The van der Waals surface area contributed by atoms with Gasteiger partial charge in [0.2, 0.25) is 0 Å². The first-order valence-electron chi connectivity index (χ1n) is 6.38. The van der Waals surface area contributed by atoms with E-state index in [1.54, 1.807) is 18.2 Å². The zero-order valence-corrected chi connectivity index (χ0v) is 12.5. The number of para-hydroxylation sites is 1. The second-order valence-corrected chi connectivity index (χ2v) is 5.38. The molecule has 1 aromatic carbocycles. The Morgan fingerprint density at radius 1 is 1.30 bits per heavy atom. The summed E-state index contributed by atoms with van der Waals surface area (Å²) < 4.78 is 41.5. The molecule has 1 aliphatic rings. The van der Waals surface area contributed by atoms with Gasteiger partial charge in [-0.25, -0.2) is 4.99 Å². The maximum atomic E-state index is 12.2. The van der Waals surface area contributed by atoms with Crippen molar-refractivity contribution in [2.75, 3.05) is 6.61 Å². The van der Waals surface area contributed by atoms with Crippen LogP contribution in [0.2, 0.25) is 0 Å². The van der Waals surface area contributed by atoms with Gasteiger partial charge in [-0.3, -0.25) is 0 Å². The molecule has 124 valence electrons. The Labute approximate surface area is 134 Å². The zero-order chi connectivity index (χ0) is 16.9. The van der Waals surface area contributed by atoms with Gasteiger partial charge in [0.25, 0.3) is 0 Å². The number of aliphatic imine (C=N–C) groups is 1. The lowest BCUT2D eigenvalue weighted by atomic mass is 10.2. The SMILES string of the molecule is O/C=C1\NC(SCc2ccccc2OCC(F)(F)F)=NC=C1O. The van der Waals surface area contributed by atoms with Crippen LogP contribution < -0.4 is 10.1 Å². The number of ether oxygens (including phenoxy) is 1. The van der Waals surface area contributed by atoms with Gasteiger partial charge in [-0.15, -0.1) is 0 Å². The van der Waals surface area contributed by atoms with Crippen LogP contribution in [0, 0.1) is 0 Å². The van der Waals surface area contributed by atoms with E-state index in [2.05, 4.69) is 10.3 Å². The average molecular weight is 346 g/mol. The van der Waals surface area contributed by atoms with Crippen molar-refractivity contribution in [2.24, 2.45) is 4.99 Å². The van der Waals surface area contributed by atoms with Gasteiger partial charge in [0.05, 0.1) is 6.20 Å². The number of benzene rings is 1. The minimum Gasteiger partial charge on any atom is -0.513 e. The quantitative estimate of drug-likeness (QED) is 0.726. The number of thioether (sulfide) groups is 1. The molecule has 0 radical (unpaired) electrons. The molecular weight excluding hydrogens is 333 g/mol. The Bertz CT molecular complexity index is 657. The number of alkyl halides is 3. The summed E-state index contributed by atoms with van der Waals surface area (Å²) in [6, 6.07) is 6.39. The van der Waals surface area contributed by atoms with Crippen molar-refractivity contribution in [3.63, 3.8) is 0 Å². The van der Waals surface area contributed by atoms with E-state index in [0.29, 0.717) is 22.7 Å². The molecular formula is C14H13F3N2O3S. The van der Waals surface area contributed by atoms with E-state index in [1.165, 1.54) is 17.8 Å². The lowest BCUT2D eigenvalue weighted by molar-refractivity contribution is -0.153. The van der Waals surface area contributed by atoms with E-state index in [0.717, 1.165) is 6.20 Å². The van der Waals surface area contributed by atoms with Gasteiger partial charge in [-0.1, -0.05) is 30.0 Å². The Morgan fingerprint density at radius 3 is 2.74 bits per heavy atom. The zero-order valence-electron chi connectivity index (χ0n) is 11.7. The number of rotatable bonds is 4. The Hall–Kier alpha value is -2.29. The summed E-state index contributed by atoms with van der Waals surface area (Å²) >= 11 is 1.19. The molecule has 0 bridgehead atoms. The summed E-state index contributed by atoms with van der Waals surface area (Å²) in [5.41, 5.74) is 0.656. The highest BCUT2D eigenvalue weighted by atomic mass is 32.2. The lowest BCUT2D eigenvalue weighted by Crippen LogP contribution is -2.24. The first-order valence-corrected chi connectivity index (χ1v) is 7.36. The van der Waals surface area contributed by atoms with E-state index >= 15 is 0 Å². The predicted molar refractivity (Wildman–Crippen MR) is 81.3 cm³/mol. The number of halogens is 3. The third-order valence-corrected chi connectivity index (χ3v) is 3.62. The van der Waals surface area contributed by atoms with Crippen molar-refractivity contribution < 1.29 is 28.1 Å². The monoisotopic (exact) mass is 346 g/mol. The molecule has 1 heterocycles. The number of nitrogens with one attached hydrogen (secondary N) is 1. The first-order chi connectivity index (χ1) is 10.9. The van der Waals surface area contributed by atoms with Crippen LogP contribution in [0.5, 0.6) is 5.75 Å². The fraction of sp³-hybridized carbons (Fsp3) is 0.214. The largest absolute Gasteiger partial charge is 0.513 e. The molecule has 0 saturated carbocycles. The molecule has 0 saturated heterocycles. The number of hydrogen-bond acceptors (Lipinski definition) is 6. The van der Waals surface area contributed by atoms with Crippen LogP contribution in [-0.2, 0) is 5.75 Å². The van der Waals surface area contributed by atoms with Crippen LogP contribution in [0.25, 0.3) is 0 Å². The van der Waals surface area contributed by atoms with Crippen LogP contribution in [0.15, 0.2) is 53.2 Å². The molecule has 1 aromatic rings. The Kier molecular flexibility index (Phi) is 5.43. The third-order valence-electron chi connectivity index (χ3n) is 2.68. The van der Waals surface area contributed by atoms with Crippen molar-refractivity contribution in [3.8, 4) is 5.75 Å². The van der Waals surface area contributed by atoms with Gasteiger partial charge in [0.1, 0.15) is 17.7 Å². The highest BCUT2D eigenvalue weighted by Gasteiger charge is 2.28. The van der Waals surface area contributed by atoms with E-state index < -0.39 is 12.8 Å². The van der Waals surface area contributed by atoms with E-state index in [-0.39, 0.29) is 17.2 Å². The topological polar surface area (TPSA) is 74.1 Å². The van der Waals surface area contributed by atoms with Gasteiger partial charge in [-0.2, -0.15) is 13.2 Å². The van der Waals surface area contributed by atoms with Gasteiger partial charge >= 0.3 is 6.18 Å². The van der Waals surface area contributed by atoms with Crippen molar-refractivity contribution in [1.29, 1.82) is 0 Å². The van der Waals surface area contributed by atoms with Crippen LogP contribution >= 0.6 is 11.8 Å². The van der Waals surface area contributed by atoms with Crippen molar-refractivity contribution in [1.82, 2.24) is 5.32 Å². The van der Waals surface area contributed by atoms with Gasteiger partial charge in [-0.05, 0) is 6.07 Å². The predicted octanol–water partition coefficient (Wildman–Crippen LogP) is 3.62. The molecule has 0 fully saturated rings. The molecule has 2 rings (SSSR count). The molecule has 0 unspecified atom stereocenters. The molecule has 0 aliphatic carbocycles. The molecule has 23 heavy (non-hydrogen) atoms. The van der Waals surface area contributed by atoms with Crippen LogP contribution in [0.3, 0.4) is 0 Å². The maximum absolute atomic E-state index is 12.2. The third kappa shape index (κ3) is 5.13. The summed E-state index contributed by atoms with van der Waals surface area (Å²) in [6.07, 6.45) is -2.55. The summed E-state index contributed by atoms with van der Waals surface area (Å²) in [7, 11) is 0. The molecule has 9 heteroatoms. The average Bonchev–Trinajstić information content (AvgIpc) is 2.52. The van der Waals surface area contributed by atoms with Crippen molar-refractivity contribution >= 4 is 16.9 Å². The van der Waals surface area contributed by atoms with Crippen molar-refractivity contribution in [2.45, 2.75) is 11.9 Å². The van der Waals surface area contributed by atoms with Crippen LogP contribution in [-0.4, -0.2) is 28.2 Å². The molecule has 3 N–H and O–H groups in total. The standard InChI is InChI=1S/C14H13F3N2O3S/c15-14(16,17)8-22-12-4-2-1-3-9(12)7-23-13-18-5-11(21)10(6-20)19-13/h1-6,20-21H,7-8H2,(H,18,19)/b10-6-. The minimum atomic E-state index is -4.40.